The monoisotopic (exact) mass is 213 g/mol. The van der Waals surface area contributed by atoms with Crippen LogP contribution in [0.5, 0.6) is 0 Å². The summed E-state index contributed by atoms with van der Waals surface area (Å²) < 4.78 is 37.0. The van der Waals surface area contributed by atoms with E-state index < -0.39 is 17.8 Å². The van der Waals surface area contributed by atoms with Crippen molar-refractivity contribution in [1.29, 1.82) is 0 Å². The van der Waals surface area contributed by atoms with Gasteiger partial charge in [0.1, 0.15) is 0 Å². The van der Waals surface area contributed by atoms with Gasteiger partial charge in [-0.25, -0.2) is 0 Å². The first-order valence-electron chi connectivity index (χ1n) is 4.31. The molecule has 80 valence electrons. The Hall–Kier alpha value is -1.47. The van der Waals surface area contributed by atoms with Gasteiger partial charge in [0.2, 0.25) is 0 Å². The molecule has 0 bridgehead atoms. The van der Waals surface area contributed by atoms with Crippen LogP contribution in [0.3, 0.4) is 0 Å². The molecular weight excluding hydrogens is 203 g/mol. The largest absolute Gasteiger partial charge is 0.416 e. The van der Waals surface area contributed by atoms with E-state index in [1.54, 1.807) is 0 Å². The van der Waals surface area contributed by atoms with Gasteiger partial charge in [0.05, 0.1) is 5.56 Å². The van der Waals surface area contributed by atoms with Crippen LogP contribution in [-0.4, -0.2) is 0 Å². The number of terminal acetylenes is 1. The second-order valence-corrected chi connectivity index (χ2v) is 3.14. The maximum Gasteiger partial charge on any atom is 0.416 e. The predicted molar refractivity (Wildman–Crippen MR) is 51.8 cm³/mol. The van der Waals surface area contributed by atoms with Crippen molar-refractivity contribution in [2.45, 2.75) is 18.6 Å². The summed E-state index contributed by atoms with van der Waals surface area (Å²) in [4.78, 5) is 0. The van der Waals surface area contributed by atoms with Crippen molar-refractivity contribution >= 4 is 0 Å². The Labute approximate surface area is 86.1 Å². The summed E-state index contributed by atoms with van der Waals surface area (Å²) in [5, 5.41) is 0. The van der Waals surface area contributed by atoms with Crippen LogP contribution in [0.2, 0.25) is 0 Å². The maximum absolute atomic E-state index is 12.3. The fraction of sp³-hybridized carbons (Fsp3) is 0.273. The van der Waals surface area contributed by atoms with E-state index in [-0.39, 0.29) is 6.42 Å². The van der Waals surface area contributed by atoms with Crippen molar-refractivity contribution < 1.29 is 13.2 Å². The number of halogens is 3. The highest BCUT2D eigenvalue weighted by Gasteiger charge is 2.30. The summed E-state index contributed by atoms with van der Waals surface area (Å²) in [6.45, 7) is 0. The zero-order chi connectivity index (χ0) is 11.5. The van der Waals surface area contributed by atoms with E-state index >= 15 is 0 Å². The zero-order valence-corrected chi connectivity index (χ0v) is 7.88. The molecule has 1 aromatic rings. The third-order valence-corrected chi connectivity index (χ3v) is 1.98. The van der Waals surface area contributed by atoms with Crippen molar-refractivity contribution in [1.82, 2.24) is 0 Å². The van der Waals surface area contributed by atoms with Gasteiger partial charge in [-0.15, -0.1) is 12.3 Å². The zero-order valence-electron chi connectivity index (χ0n) is 7.88. The highest BCUT2D eigenvalue weighted by molar-refractivity contribution is 5.28. The Morgan fingerprint density at radius 2 is 2.07 bits per heavy atom. The fourth-order valence-corrected chi connectivity index (χ4v) is 1.19. The van der Waals surface area contributed by atoms with E-state index in [0.29, 0.717) is 5.56 Å². The summed E-state index contributed by atoms with van der Waals surface area (Å²) in [5.74, 6) is 2.32. The quantitative estimate of drug-likeness (QED) is 0.751. The van der Waals surface area contributed by atoms with Crippen LogP contribution < -0.4 is 5.73 Å². The van der Waals surface area contributed by atoms with Crippen LogP contribution in [0.4, 0.5) is 13.2 Å². The minimum atomic E-state index is -4.34. The molecule has 0 aromatic heterocycles. The Kier molecular flexibility index (Phi) is 3.38. The molecule has 0 spiro atoms. The van der Waals surface area contributed by atoms with Crippen molar-refractivity contribution in [3.8, 4) is 12.3 Å². The molecule has 1 aromatic carbocycles. The lowest BCUT2D eigenvalue weighted by Crippen LogP contribution is -2.11. The molecule has 0 aliphatic carbocycles. The van der Waals surface area contributed by atoms with Crippen molar-refractivity contribution in [2.24, 2.45) is 5.73 Å². The van der Waals surface area contributed by atoms with Crippen LogP contribution in [0, 0.1) is 12.3 Å². The van der Waals surface area contributed by atoms with Gasteiger partial charge in [0, 0.05) is 12.5 Å². The van der Waals surface area contributed by atoms with Gasteiger partial charge >= 0.3 is 6.18 Å². The average Bonchev–Trinajstić information content (AvgIpc) is 2.17. The topological polar surface area (TPSA) is 26.0 Å². The molecule has 0 fully saturated rings. The highest BCUT2D eigenvalue weighted by Crippen LogP contribution is 2.30. The van der Waals surface area contributed by atoms with Crippen LogP contribution >= 0.6 is 0 Å². The van der Waals surface area contributed by atoms with Gasteiger partial charge in [0.15, 0.2) is 0 Å². The molecule has 1 unspecified atom stereocenters. The van der Waals surface area contributed by atoms with Gasteiger partial charge in [-0.3, -0.25) is 0 Å². The third kappa shape index (κ3) is 3.00. The van der Waals surface area contributed by atoms with Crippen LogP contribution in [0.25, 0.3) is 0 Å². The molecule has 0 aliphatic heterocycles. The average molecular weight is 213 g/mol. The van der Waals surface area contributed by atoms with E-state index in [1.165, 1.54) is 12.1 Å². The lowest BCUT2D eigenvalue weighted by Gasteiger charge is -2.12. The Balaban J connectivity index is 2.99. The maximum atomic E-state index is 12.3. The molecule has 1 atom stereocenters. The summed E-state index contributed by atoms with van der Waals surface area (Å²) in [6, 6.07) is 4.36. The van der Waals surface area contributed by atoms with Crippen molar-refractivity contribution in [2.75, 3.05) is 0 Å². The van der Waals surface area contributed by atoms with E-state index in [4.69, 9.17) is 12.2 Å². The lowest BCUT2D eigenvalue weighted by molar-refractivity contribution is -0.137. The third-order valence-electron chi connectivity index (χ3n) is 1.98. The molecule has 0 saturated carbocycles. The molecule has 0 amide bonds. The van der Waals surface area contributed by atoms with E-state index in [1.807, 2.05) is 0 Å². The normalized spacial score (nSPS) is 13.3. The minimum Gasteiger partial charge on any atom is -0.323 e. The molecule has 1 rings (SSSR count). The number of hydrogen-bond donors (Lipinski definition) is 1. The summed E-state index contributed by atoms with van der Waals surface area (Å²) in [5.41, 5.74) is 5.31. The van der Waals surface area contributed by atoms with E-state index in [9.17, 15) is 13.2 Å². The molecule has 0 saturated heterocycles. The standard InChI is InChI=1S/C11H10F3N/c1-2-4-10(15)8-5-3-6-9(7-8)11(12,13)14/h1,3,5-7,10H,4,15H2. The first-order chi connectivity index (χ1) is 6.95. The first-order valence-corrected chi connectivity index (χ1v) is 4.31. The van der Waals surface area contributed by atoms with E-state index in [0.717, 1.165) is 12.1 Å². The lowest BCUT2D eigenvalue weighted by atomic mass is 10.0. The van der Waals surface area contributed by atoms with Gasteiger partial charge in [-0.1, -0.05) is 12.1 Å². The molecule has 1 nitrogen and oxygen atoms in total. The van der Waals surface area contributed by atoms with Gasteiger partial charge in [0.25, 0.3) is 0 Å². The molecule has 0 aliphatic rings. The predicted octanol–water partition coefficient (Wildman–Crippen LogP) is 2.73. The Bertz CT molecular complexity index is 376. The van der Waals surface area contributed by atoms with Crippen LogP contribution in [0.1, 0.15) is 23.6 Å². The number of hydrogen-bond acceptors (Lipinski definition) is 1. The SMILES string of the molecule is C#CCC(N)c1cccc(C(F)(F)F)c1. The number of nitrogens with two attached hydrogens (primary N) is 1. The molecular formula is C11H10F3N. The summed E-state index contributed by atoms with van der Waals surface area (Å²) >= 11 is 0. The summed E-state index contributed by atoms with van der Waals surface area (Å²) in [6.07, 6.45) is 0.921. The minimum absolute atomic E-state index is 0.224. The number of rotatable bonds is 2. The number of alkyl halides is 3. The van der Waals surface area contributed by atoms with Crippen LogP contribution in [-0.2, 0) is 6.18 Å². The molecule has 0 radical (unpaired) electrons. The van der Waals surface area contributed by atoms with Gasteiger partial charge in [-0.05, 0) is 17.7 Å². The van der Waals surface area contributed by atoms with Crippen molar-refractivity contribution in [3.63, 3.8) is 0 Å². The van der Waals surface area contributed by atoms with Crippen LogP contribution in [0.15, 0.2) is 24.3 Å². The Morgan fingerprint density at radius 3 is 2.60 bits per heavy atom. The van der Waals surface area contributed by atoms with Crippen molar-refractivity contribution in [3.05, 3.63) is 35.4 Å². The molecule has 4 heteroatoms. The molecule has 2 N–H and O–H groups in total. The van der Waals surface area contributed by atoms with Gasteiger partial charge in [-0.2, -0.15) is 13.2 Å². The second-order valence-electron chi connectivity index (χ2n) is 3.14. The number of benzene rings is 1. The molecule has 15 heavy (non-hydrogen) atoms. The highest BCUT2D eigenvalue weighted by atomic mass is 19.4. The Morgan fingerprint density at radius 1 is 1.40 bits per heavy atom. The second kappa shape index (κ2) is 4.37. The summed E-state index contributed by atoms with van der Waals surface area (Å²) in [7, 11) is 0. The first kappa shape index (κ1) is 11.6. The van der Waals surface area contributed by atoms with Gasteiger partial charge < -0.3 is 5.73 Å². The van der Waals surface area contributed by atoms with E-state index in [2.05, 4.69) is 5.92 Å². The molecule has 0 heterocycles. The fourth-order valence-electron chi connectivity index (χ4n) is 1.19. The smallest absolute Gasteiger partial charge is 0.323 e.